The monoisotopic (exact) mass is 489 g/mol. The number of sulfonamides is 1. The van der Waals surface area contributed by atoms with Gasteiger partial charge in [-0.05, 0) is 49.6 Å². The normalized spacial score (nSPS) is 12.0. The minimum atomic E-state index is -3.54. The Balaban J connectivity index is 2.14. The quantitative estimate of drug-likeness (QED) is 0.466. The number of nitrogens with zero attached hydrogens (tertiary/aromatic N) is 2. The van der Waals surface area contributed by atoms with E-state index in [1.165, 1.54) is 4.31 Å². The Morgan fingerprint density at radius 3 is 2.21 bits per heavy atom. The third-order valence-electron chi connectivity index (χ3n) is 5.42. The molecule has 0 fully saturated rings. The van der Waals surface area contributed by atoms with E-state index in [0.717, 1.165) is 11.8 Å². The van der Waals surface area contributed by atoms with E-state index < -0.39 is 16.1 Å². The van der Waals surface area contributed by atoms with Gasteiger partial charge in [-0.25, -0.2) is 8.42 Å². The molecule has 0 aliphatic carbocycles. The molecule has 0 aliphatic rings. The van der Waals surface area contributed by atoms with Gasteiger partial charge >= 0.3 is 0 Å². The second-order valence-corrected chi connectivity index (χ2v) is 9.82. The van der Waals surface area contributed by atoms with Crippen molar-refractivity contribution in [3.8, 4) is 5.75 Å². The van der Waals surface area contributed by atoms with Crippen LogP contribution in [0.25, 0.3) is 0 Å². The summed E-state index contributed by atoms with van der Waals surface area (Å²) in [6.07, 6.45) is 2.05. The first-order chi connectivity index (χ1) is 16.2. The Labute approximate surface area is 202 Å². The Kier molecular flexibility index (Phi) is 10.4. The molecule has 0 unspecified atom stereocenters. The average Bonchev–Trinajstić information content (AvgIpc) is 2.82. The van der Waals surface area contributed by atoms with Crippen molar-refractivity contribution < 1.29 is 22.7 Å². The smallest absolute Gasteiger partial charge is 0.242 e. The minimum Gasteiger partial charge on any atom is -0.494 e. The molecule has 0 radical (unpaired) electrons. The first kappa shape index (κ1) is 27.2. The lowest BCUT2D eigenvalue weighted by molar-refractivity contribution is -0.141. The minimum absolute atomic E-state index is 0.114. The highest BCUT2D eigenvalue weighted by Gasteiger charge is 2.28. The van der Waals surface area contributed by atoms with Crippen LogP contribution in [0.4, 0.5) is 5.69 Å². The number of benzene rings is 2. The van der Waals surface area contributed by atoms with Crippen molar-refractivity contribution in [3.63, 3.8) is 0 Å². The van der Waals surface area contributed by atoms with Crippen molar-refractivity contribution in [1.29, 1.82) is 0 Å². The van der Waals surface area contributed by atoms with E-state index in [1.54, 1.807) is 36.2 Å². The van der Waals surface area contributed by atoms with E-state index in [4.69, 9.17) is 4.74 Å². The summed E-state index contributed by atoms with van der Waals surface area (Å²) in [5.74, 6) is 0.240. The van der Waals surface area contributed by atoms with Crippen LogP contribution in [0.5, 0.6) is 5.75 Å². The standard InChI is InChI=1S/C25H35N3O5S/c1-5-23(25(30)26-3)27(19-20-11-8-7-9-12-20)24(29)13-10-18-28(34(4,31)32)21-14-16-22(17-15-21)33-6-2/h7-9,11-12,14-17,23H,5-6,10,13,18-19H2,1-4H3,(H,26,30)/t23-/m1/s1. The third kappa shape index (κ3) is 7.76. The van der Waals surface area contributed by atoms with Crippen molar-refractivity contribution in [3.05, 3.63) is 60.2 Å². The fourth-order valence-electron chi connectivity index (χ4n) is 3.75. The lowest BCUT2D eigenvalue weighted by Gasteiger charge is -2.30. The Morgan fingerprint density at radius 2 is 1.68 bits per heavy atom. The van der Waals surface area contributed by atoms with Crippen molar-refractivity contribution >= 4 is 27.5 Å². The van der Waals surface area contributed by atoms with E-state index in [-0.39, 0.29) is 24.8 Å². The van der Waals surface area contributed by atoms with Crippen LogP contribution in [0.15, 0.2) is 54.6 Å². The zero-order valence-electron chi connectivity index (χ0n) is 20.4. The first-order valence-corrected chi connectivity index (χ1v) is 13.3. The molecular weight excluding hydrogens is 454 g/mol. The van der Waals surface area contributed by atoms with Crippen molar-refractivity contribution in [1.82, 2.24) is 10.2 Å². The Hall–Kier alpha value is -3.07. The number of rotatable bonds is 13. The first-order valence-electron chi connectivity index (χ1n) is 11.5. The second-order valence-electron chi connectivity index (χ2n) is 7.91. The maximum absolute atomic E-state index is 13.2. The molecule has 34 heavy (non-hydrogen) atoms. The number of anilines is 1. The summed E-state index contributed by atoms with van der Waals surface area (Å²) in [6, 6.07) is 15.7. The summed E-state index contributed by atoms with van der Waals surface area (Å²) in [6.45, 7) is 4.71. The molecule has 1 N–H and O–H groups in total. The molecule has 8 nitrogen and oxygen atoms in total. The molecule has 0 heterocycles. The summed E-state index contributed by atoms with van der Waals surface area (Å²) < 4.78 is 31.6. The predicted octanol–water partition coefficient (Wildman–Crippen LogP) is 3.18. The van der Waals surface area contributed by atoms with Crippen LogP contribution in [0.1, 0.15) is 38.7 Å². The number of nitrogens with one attached hydrogen (secondary N) is 1. The van der Waals surface area contributed by atoms with Gasteiger partial charge in [0.1, 0.15) is 11.8 Å². The molecule has 9 heteroatoms. The Bertz CT molecular complexity index is 1030. The number of amides is 2. The van der Waals surface area contributed by atoms with Crippen LogP contribution in [0.3, 0.4) is 0 Å². The molecule has 186 valence electrons. The third-order valence-corrected chi connectivity index (χ3v) is 6.61. The van der Waals surface area contributed by atoms with Gasteiger partial charge in [0.05, 0.1) is 18.6 Å². The summed E-state index contributed by atoms with van der Waals surface area (Å²) in [5.41, 5.74) is 1.43. The molecule has 0 spiro atoms. The fraction of sp³-hybridized carbons (Fsp3) is 0.440. The molecule has 2 aromatic rings. The van der Waals surface area contributed by atoms with E-state index in [9.17, 15) is 18.0 Å². The number of hydrogen-bond acceptors (Lipinski definition) is 5. The van der Waals surface area contributed by atoms with E-state index in [2.05, 4.69) is 5.32 Å². The van der Waals surface area contributed by atoms with Crippen LogP contribution in [0.2, 0.25) is 0 Å². The number of ether oxygens (including phenoxy) is 1. The van der Waals surface area contributed by atoms with Crippen LogP contribution in [-0.2, 0) is 26.2 Å². The van der Waals surface area contributed by atoms with E-state index in [0.29, 0.717) is 37.4 Å². The van der Waals surface area contributed by atoms with Gasteiger partial charge in [-0.2, -0.15) is 0 Å². The maximum Gasteiger partial charge on any atom is 0.242 e. The SMILES string of the molecule is CCOc1ccc(N(CCCC(=O)N(Cc2ccccc2)[C@H](CC)C(=O)NC)S(C)(=O)=O)cc1. The van der Waals surface area contributed by atoms with Crippen LogP contribution in [0, 0.1) is 0 Å². The molecule has 2 amide bonds. The molecule has 1 atom stereocenters. The molecule has 2 aromatic carbocycles. The molecule has 0 saturated carbocycles. The van der Waals surface area contributed by atoms with Gasteiger partial charge in [0.25, 0.3) is 0 Å². The highest BCUT2D eigenvalue weighted by atomic mass is 32.2. The highest BCUT2D eigenvalue weighted by Crippen LogP contribution is 2.23. The summed E-state index contributed by atoms with van der Waals surface area (Å²) >= 11 is 0. The van der Waals surface area contributed by atoms with Gasteiger partial charge in [-0.1, -0.05) is 37.3 Å². The average molecular weight is 490 g/mol. The van der Waals surface area contributed by atoms with Gasteiger partial charge in [-0.15, -0.1) is 0 Å². The van der Waals surface area contributed by atoms with Crippen molar-refractivity contribution in [2.24, 2.45) is 0 Å². The number of likely N-dealkylation sites (N-methyl/N-ethyl adjacent to an activating group) is 1. The van der Waals surface area contributed by atoms with Crippen LogP contribution < -0.4 is 14.4 Å². The second kappa shape index (κ2) is 13.0. The number of carbonyl (C=O) groups is 2. The summed E-state index contributed by atoms with van der Waals surface area (Å²) in [7, 11) is -1.99. The Morgan fingerprint density at radius 1 is 1.03 bits per heavy atom. The lowest BCUT2D eigenvalue weighted by Crippen LogP contribution is -2.48. The zero-order chi connectivity index (χ0) is 25.1. The van der Waals surface area contributed by atoms with Crippen LogP contribution in [-0.4, -0.2) is 57.6 Å². The highest BCUT2D eigenvalue weighted by molar-refractivity contribution is 7.92. The van der Waals surface area contributed by atoms with Gasteiger partial charge in [0.2, 0.25) is 21.8 Å². The van der Waals surface area contributed by atoms with Crippen molar-refractivity contribution in [2.75, 3.05) is 30.8 Å². The fourth-order valence-corrected chi connectivity index (χ4v) is 4.71. The maximum atomic E-state index is 13.2. The lowest BCUT2D eigenvalue weighted by atomic mass is 10.1. The molecule has 0 saturated heterocycles. The summed E-state index contributed by atoms with van der Waals surface area (Å²) in [4.78, 5) is 27.2. The van der Waals surface area contributed by atoms with E-state index in [1.807, 2.05) is 44.2 Å². The van der Waals surface area contributed by atoms with Gasteiger partial charge < -0.3 is 15.0 Å². The predicted molar refractivity (Wildman–Crippen MR) is 134 cm³/mol. The number of carbonyl (C=O) groups excluding carboxylic acids is 2. The van der Waals surface area contributed by atoms with Gasteiger partial charge in [-0.3, -0.25) is 13.9 Å². The zero-order valence-corrected chi connectivity index (χ0v) is 21.2. The molecule has 0 aromatic heterocycles. The van der Waals surface area contributed by atoms with Gasteiger partial charge in [0, 0.05) is 26.6 Å². The van der Waals surface area contributed by atoms with E-state index >= 15 is 0 Å². The molecule has 0 aliphatic heterocycles. The molecular formula is C25H35N3O5S. The largest absolute Gasteiger partial charge is 0.494 e. The van der Waals surface area contributed by atoms with Gasteiger partial charge in [0.15, 0.2) is 0 Å². The summed E-state index contributed by atoms with van der Waals surface area (Å²) in [5, 5.41) is 2.64. The molecule has 2 rings (SSSR count). The van der Waals surface area contributed by atoms with Crippen LogP contribution >= 0.6 is 0 Å². The number of hydrogen-bond donors (Lipinski definition) is 1. The topological polar surface area (TPSA) is 96.0 Å². The molecule has 0 bridgehead atoms. The van der Waals surface area contributed by atoms with Crippen molar-refractivity contribution in [2.45, 2.75) is 45.7 Å².